The number of fused-ring (bicyclic) bond motifs is 1. The Morgan fingerprint density at radius 3 is 2.52 bits per heavy atom. The van der Waals surface area contributed by atoms with Crippen LogP contribution in [0.4, 0.5) is 0 Å². The summed E-state index contributed by atoms with van der Waals surface area (Å²) in [7, 11) is 0. The first-order valence-corrected chi connectivity index (χ1v) is 23.3. The van der Waals surface area contributed by atoms with Gasteiger partial charge in [-0.05, 0) is 101 Å². The second kappa shape index (κ2) is 19.4. The molecule has 7 heterocycles. The second-order valence-electron chi connectivity index (χ2n) is 20.0. The summed E-state index contributed by atoms with van der Waals surface area (Å²) >= 11 is 0. The Morgan fingerprint density at radius 2 is 1.77 bits per heavy atom. The zero-order chi connectivity index (χ0) is 44.6. The summed E-state index contributed by atoms with van der Waals surface area (Å²) in [5.41, 5.74) is -0.151. The van der Waals surface area contributed by atoms with Crippen LogP contribution in [0.1, 0.15) is 125 Å². The number of hydrogen-bond donors (Lipinski definition) is 5. The zero-order valence-corrected chi connectivity index (χ0v) is 37.6. The highest BCUT2D eigenvalue weighted by Crippen LogP contribution is 2.47. The molecule has 17 atom stereocenters. The Bertz CT molecular complexity index is 1650. The minimum absolute atomic E-state index is 0.0452. The maximum atomic E-state index is 12.7. The molecule has 6 saturated heterocycles. The molecule has 0 aliphatic carbocycles. The topological polar surface area (TPSA) is 192 Å². The summed E-state index contributed by atoms with van der Waals surface area (Å²) in [5.74, 6) is -3.40. The van der Waals surface area contributed by atoms with Crippen molar-refractivity contribution in [2.75, 3.05) is 19.8 Å². The van der Waals surface area contributed by atoms with Gasteiger partial charge in [0.1, 0.15) is 31.0 Å². The molecule has 14 heteroatoms. The number of ether oxygens (including phenoxy) is 8. The molecule has 0 amide bonds. The molecular weight excluding hydrogens is 801 g/mol. The van der Waals surface area contributed by atoms with Crippen molar-refractivity contribution < 1.29 is 68.2 Å². The number of hydrogen-bond acceptors (Lipinski definition) is 14. The summed E-state index contributed by atoms with van der Waals surface area (Å²) in [5, 5.41) is 54.6. The predicted octanol–water partition coefficient (Wildman–Crippen LogP) is 5.22. The number of esters is 1. The lowest BCUT2D eigenvalue weighted by Gasteiger charge is -2.50. The fourth-order valence-electron chi connectivity index (χ4n) is 10.9. The Kier molecular flexibility index (Phi) is 15.0. The van der Waals surface area contributed by atoms with E-state index in [2.05, 4.69) is 33.1 Å². The average molecular weight is 875 g/mol. The molecule has 5 N–H and O–H groups in total. The van der Waals surface area contributed by atoms with Gasteiger partial charge in [0.15, 0.2) is 17.2 Å². The van der Waals surface area contributed by atoms with E-state index < -0.39 is 71.7 Å². The van der Waals surface area contributed by atoms with Gasteiger partial charge in [0.25, 0.3) is 0 Å². The summed E-state index contributed by atoms with van der Waals surface area (Å²) < 4.78 is 50.7. The number of carbonyl (C=O) groups excluding carboxylic acids is 1. The molecule has 0 aromatic heterocycles. The van der Waals surface area contributed by atoms with Crippen molar-refractivity contribution in [2.24, 2.45) is 17.8 Å². The van der Waals surface area contributed by atoms with Crippen LogP contribution in [0.25, 0.3) is 0 Å². The Labute approximate surface area is 367 Å². The summed E-state index contributed by atoms with van der Waals surface area (Å²) in [6, 6.07) is 0. The van der Waals surface area contributed by atoms with E-state index >= 15 is 0 Å². The second-order valence-corrected chi connectivity index (χ2v) is 20.0. The molecule has 0 unspecified atom stereocenters. The third kappa shape index (κ3) is 10.5. The van der Waals surface area contributed by atoms with Crippen LogP contribution in [0.2, 0.25) is 0 Å². The summed E-state index contributed by atoms with van der Waals surface area (Å²) in [6.45, 7) is 17.7. The van der Waals surface area contributed by atoms with Crippen LogP contribution in [0.3, 0.4) is 0 Å². The van der Waals surface area contributed by atoms with Crippen molar-refractivity contribution in [3.63, 3.8) is 0 Å². The van der Waals surface area contributed by atoms with Gasteiger partial charge in [-0.2, -0.15) is 0 Å². The van der Waals surface area contributed by atoms with Gasteiger partial charge in [-0.1, -0.05) is 51.7 Å². The molecule has 0 bridgehead atoms. The Balaban J connectivity index is 0.909. The number of aliphatic hydroxyl groups is 5. The van der Waals surface area contributed by atoms with Crippen LogP contribution < -0.4 is 0 Å². The molecule has 0 aromatic carbocycles. The lowest BCUT2D eigenvalue weighted by Crippen LogP contribution is -2.60. The molecule has 7 aliphatic rings. The van der Waals surface area contributed by atoms with Crippen LogP contribution in [-0.2, 0) is 42.7 Å². The molecule has 62 heavy (non-hydrogen) atoms. The molecule has 14 nitrogen and oxygen atoms in total. The first-order chi connectivity index (χ1) is 29.4. The van der Waals surface area contributed by atoms with E-state index in [4.69, 9.17) is 37.9 Å². The first kappa shape index (κ1) is 47.9. The number of carbonyl (C=O) groups is 1. The van der Waals surface area contributed by atoms with Crippen molar-refractivity contribution in [3.8, 4) is 0 Å². The highest BCUT2D eigenvalue weighted by Gasteiger charge is 2.55. The predicted molar refractivity (Wildman–Crippen MR) is 227 cm³/mol. The van der Waals surface area contributed by atoms with Crippen LogP contribution >= 0.6 is 0 Å². The smallest absolute Gasteiger partial charge is 0.338 e. The highest BCUT2D eigenvalue weighted by molar-refractivity contribution is 5.78. The first-order valence-electron chi connectivity index (χ1n) is 23.3. The average Bonchev–Trinajstić information content (AvgIpc) is 3.64. The molecule has 0 saturated carbocycles. The van der Waals surface area contributed by atoms with Crippen molar-refractivity contribution in [1.29, 1.82) is 0 Å². The van der Waals surface area contributed by atoms with E-state index in [1.54, 1.807) is 0 Å². The van der Waals surface area contributed by atoms with E-state index in [1.165, 1.54) is 6.92 Å². The minimum atomic E-state index is -1.87. The maximum Gasteiger partial charge on any atom is 0.338 e. The lowest BCUT2D eigenvalue weighted by atomic mass is 9.79. The van der Waals surface area contributed by atoms with Crippen LogP contribution in [0.5, 0.6) is 0 Å². The van der Waals surface area contributed by atoms with Crippen molar-refractivity contribution >= 4 is 5.97 Å². The minimum Gasteiger partial charge on any atom is -0.459 e. The van der Waals surface area contributed by atoms with E-state index in [9.17, 15) is 30.3 Å². The molecular formula is C48H74O14. The largest absolute Gasteiger partial charge is 0.459 e. The third-order valence-corrected chi connectivity index (χ3v) is 14.6. The van der Waals surface area contributed by atoms with Gasteiger partial charge in [-0.3, -0.25) is 0 Å². The van der Waals surface area contributed by atoms with Gasteiger partial charge >= 0.3 is 5.97 Å². The molecule has 350 valence electrons. The van der Waals surface area contributed by atoms with Gasteiger partial charge in [0, 0.05) is 38.0 Å². The van der Waals surface area contributed by atoms with Gasteiger partial charge < -0.3 is 63.4 Å². The van der Waals surface area contributed by atoms with E-state index in [0.717, 1.165) is 50.7 Å². The zero-order valence-electron chi connectivity index (χ0n) is 37.6. The van der Waals surface area contributed by atoms with Crippen molar-refractivity contribution in [1.82, 2.24) is 0 Å². The third-order valence-electron chi connectivity index (χ3n) is 14.6. The van der Waals surface area contributed by atoms with Crippen LogP contribution in [0.15, 0.2) is 48.1 Å². The van der Waals surface area contributed by atoms with Gasteiger partial charge in [-0.15, -0.1) is 0 Å². The quantitative estimate of drug-likeness (QED) is 0.120. The molecule has 7 rings (SSSR count). The van der Waals surface area contributed by atoms with Crippen LogP contribution in [-0.4, -0.2) is 135 Å². The normalized spacial score (nSPS) is 42.6. The molecule has 0 aromatic rings. The standard InChI is InChI=1S/C48H74O14/c1-28-22-38(60-48(24-28)39(51)13-12-35(59-48)25-45(7,54)44(53)55-27-29(2)26-49)30(3)10-11-34-15-19-47(58-34)20-16-37-43(62-47)40(52)33(6)42(57-37)36(50)23-32(5)41-31(4)14-18-46(61-41)17-8-9-21-56-46/h10-11,24,30-32,34-43,49-52,54H,2,6,8-9,12-23,25-27H2,1,3-5,7H3/b11-10+/t30-,31-,32+,34+,35+,36+,37-,38+,39-,40-,41+,42+,43-,45-,46+,47-,48-/m1/s1. The maximum absolute atomic E-state index is 12.7. The Morgan fingerprint density at radius 1 is 1.02 bits per heavy atom. The monoisotopic (exact) mass is 875 g/mol. The van der Waals surface area contributed by atoms with Gasteiger partial charge in [0.05, 0.1) is 49.8 Å². The van der Waals surface area contributed by atoms with Gasteiger partial charge in [0.2, 0.25) is 5.79 Å². The molecule has 0 radical (unpaired) electrons. The lowest BCUT2D eigenvalue weighted by molar-refractivity contribution is -0.321. The highest BCUT2D eigenvalue weighted by atomic mass is 16.7. The molecule has 3 spiro atoms. The number of rotatable bonds is 13. The SMILES string of the molecule is C=C(CO)COC(=O)[C@](C)(O)C[C@@H]1CC[C@@H](O)[C@]2(C=C(C)C[C@@H]([C@H](C)/C=C/[C@H]3CC[C@@]4(CC[C@H]5O[C@H]([C@@H](O)C[C@H](C)[C@H]6O[C@@]7(CCCCO7)CC[C@H]6C)C(=C)[C@@H](O)[C@@H]5O4)O3)O2)O1. The van der Waals surface area contributed by atoms with Crippen LogP contribution in [0, 0.1) is 17.8 Å². The molecule has 7 aliphatic heterocycles. The van der Waals surface area contributed by atoms with Crippen molar-refractivity contribution in [2.45, 2.75) is 209 Å². The summed E-state index contributed by atoms with van der Waals surface area (Å²) in [6.07, 6.45) is 9.32. The Hall–Kier alpha value is -2.05. The van der Waals surface area contributed by atoms with Crippen molar-refractivity contribution in [3.05, 3.63) is 48.1 Å². The van der Waals surface area contributed by atoms with E-state index in [0.29, 0.717) is 62.0 Å². The van der Waals surface area contributed by atoms with Gasteiger partial charge in [-0.25, -0.2) is 4.79 Å². The molecule has 6 fully saturated rings. The van der Waals surface area contributed by atoms with E-state index in [1.807, 2.05) is 26.0 Å². The fourth-order valence-corrected chi connectivity index (χ4v) is 10.9. The number of aliphatic hydroxyl groups excluding tert-OH is 4. The summed E-state index contributed by atoms with van der Waals surface area (Å²) in [4.78, 5) is 12.7. The fraction of sp³-hybridized carbons (Fsp3) is 0.812. The van der Waals surface area contributed by atoms with E-state index in [-0.39, 0.29) is 49.8 Å².